The van der Waals surface area contributed by atoms with Gasteiger partial charge in [0.2, 0.25) is 5.91 Å². The average molecular weight is 371 g/mol. The molecule has 1 fully saturated rings. The monoisotopic (exact) mass is 370 g/mol. The summed E-state index contributed by atoms with van der Waals surface area (Å²) in [7, 11) is 0. The Hall–Kier alpha value is -2.34. The van der Waals surface area contributed by atoms with Gasteiger partial charge in [0.25, 0.3) is 0 Å². The van der Waals surface area contributed by atoms with E-state index >= 15 is 0 Å². The number of thiophene rings is 1. The standard InChI is InChI=1S/C20H26N4OS/c1-2-21-20(23-14-18-10-5-11-26-18)22-13-15-6-3-9-17(12-15)24-19(25)16-7-4-8-16/h3,5-6,9-12,16H,2,4,7-8,13-14H2,1H3,(H,24,25)(H2,21,22,23). The van der Waals surface area contributed by atoms with Crippen molar-refractivity contribution in [2.45, 2.75) is 39.3 Å². The predicted molar refractivity (Wildman–Crippen MR) is 108 cm³/mol. The van der Waals surface area contributed by atoms with Gasteiger partial charge in [0.05, 0.1) is 13.1 Å². The molecule has 26 heavy (non-hydrogen) atoms. The number of amides is 1. The summed E-state index contributed by atoms with van der Waals surface area (Å²) in [5, 5.41) is 11.7. The normalized spacial score (nSPS) is 14.6. The maximum Gasteiger partial charge on any atom is 0.227 e. The fraction of sp³-hybridized carbons (Fsp3) is 0.400. The van der Waals surface area contributed by atoms with Gasteiger partial charge >= 0.3 is 0 Å². The Labute approximate surface area is 158 Å². The zero-order valence-electron chi connectivity index (χ0n) is 15.1. The summed E-state index contributed by atoms with van der Waals surface area (Å²) in [5.74, 6) is 1.13. The van der Waals surface area contributed by atoms with Gasteiger partial charge in [-0.05, 0) is 48.9 Å². The van der Waals surface area contributed by atoms with E-state index in [1.165, 1.54) is 11.3 Å². The van der Waals surface area contributed by atoms with Gasteiger partial charge in [0, 0.05) is 23.0 Å². The fourth-order valence-electron chi connectivity index (χ4n) is 2.76. The molecule has 2 aromatic rings. The van der Waals surface area contributed by atoms with Crippen molar-refractivity contribution in [1.82, 2.24) is 10.6 Å². The maximum absolute atomic E-state index is 12.1. The summed E-state index contributed by atoms with van der Waals surface area (Å²) < 4.78 is 0. The van der Waals surface area contributed by atoms with Crippen LogP contribution in [0.4, 0.5) is 5.69 Å². The molecule has 1 aliphatic carbocycles. The van der Waals surface area contributed by atoms with Crippen LogP contribution in [0, 0.1) is 5.92 Å². The van der Waals surface area contributed by atoms with Crippen LogP contribution in [0.1, 0.15) is 36.6 Å². The second kappa shape index (κ2) is 9.38. The summed E-state index contributed by atoms with van der Waals surface area (Å²) in [4.78, 5) is 18.0. The van der Waals surface area contributed by atoms with Crippen LogP contribution in [0.15, 0.2) is 46.8 Å². The highest BCUT2D eigenvalue weighted by atomic mass is 32.1. The highest BCUT2D eigenvalue weighted by Gasteiger charge is 2.25. The van der Waals surface area contributed by atoms with Gasteiger partial charge in [-0.15, -0.1) is 11.3 Å². The Kier molecular flexibility index (Phi) is 6.66. The van der Waals surface area contributed by atoms with Gasteiger partial charge in [0.1, 0.15) is 0 Å². The van der Waals surface area contributed by atoms with Gasteiger partial charge in [0.15, 0.2) is 5.96 Å². The van der Waals surface area contributed by atoms with Crippen molar-refractivity contribution in [3.8, 4) is 0 Å². The van der Waals surface area contributed by atoms with Crippen molar-refractivity contribution in [3.63, 3.8) is 0 Å². The van der Waals surface area contributed by atoms with Crippen molar-refractivity contribution in [2.75, 3.05) is 11.9 Å². The summed E-state index contributed by atoms with van der Waals surface area (Å²) in [6, 6.07) is 12.1. The quantitative estimate of drug-likeness (QED) is 0.514. The largest absolute Gasteiger partial charge is 0.357 e. The van der Waals surface area contributed by atoms with E-state index in [4.69, 9.17) is 0 Å². The number of nitrogens with one attached hydrogen (secondary N) is 3. The number of benzene rings is 1. The van der Waals surface area contributed by atoms with Crippen LogP contribution in [0.25, 0.3) is 0 Å². The van der Waals surface area contributed by atoms with E-state index in [0.29, 0.717) is 6.54 Å². The van der Waals surface area contributed by atoms with Gasteiger partial charge in [-0.2, -0.15) is 0 Å². The minimum Gasteiger partial charge on any atom is -0.357 e. The lowest BCUT2D eigenvalue weighted by atomic mass is 9.85. The molecular formula is C20H26N4OS. The molecule has 0 radical (unpaired) electrons. The molecular weight excluding hydrogens is 344 g/mol. The third-order valence-corrected chi connectivity index (χ3v) is 5.32. The molecule has 1 saturated carbocycles. The molecule has 0 saturated heterocycles. The Bertz CT molecular complexity index is 738. The van der Waals surface area contributed by atoms with Crippen molar-refractivity contribution in [3.05, 3.63) is 52.2 Å². The van der Waals surface area contributed by atoms with Crippen molar-refractivity contribution < 1.29 is 4.79 Å². The van der Waals surface area contributed by atoms with Crippen LogP contribution >= 0.6 is 11.3 Å². The SMILES string of the molecule is CCNC(=NCc1cccc(NC(=O)C2CCC2)c1)NCc1cccs1. The first-order chi connectivity index (χ1) is 12.7. The number of nitrogens with zero attached hydrogens (tertiary/aromatic N) is 1. The number of carbonyl (C=O) groups is 1. The lowest BCUT2D eigenvalue weighted by Crippen LogP contribution is -2.36. The first-order valence-corrected chi connectivity index (χ1v) is 10.1. The van der Waals surface area contributed by atoms with Crippen LogP contribution in [0.2, 0.25) is 0 Å². The zero-order valence-corrected chi connectivity index (χ0v) is 15.9. The summed E-state index contributed by atoms with van der Waals surface area (Å²) in [5.41, 5.74) is 1.93. The highest BCUT2D eigenvalue weighted by molar-refractivity contribution is 7.09. The third kappa shape index (κ3) is 5.33. The molecule has 1 amide bonds. The zero-order chi connectivity index (χ0) is 18.2. The molecule has 3 N–H and O–H groups in total. The number of guanidine groups is 1. The van der Waals surface area contributed by atoms with Gasteiger partial charge < -0.3 is 16.0 Å². The Morgan fingerprint density at radius 2 is 2.12 bits per heavy atom. The van der Waals surface area contributed by atoms with Crippen molar-refractivity contribution in [1.29, 1.82) is 0 Å². The van der Waals surface area contributed by atoms with E-state index in [9.17, 15) is 4.79 Å². The number of hydrogen-bond acceptors (Lipinski definition) is 3. The smallest absolute Gasteiger partial charge is 0.227 e. The van der Waals surface area contributed by atoms with E-state index in [1.54, 1.807) is 11.3 Å². The first kappa shape index (κ1) is 18.5. The van der Waals surface area contributed by atoms with Crippen molar-refractivity contribution in [2.24, 2.45) is 10.9 Å². The Morgan fingerprint density at radius 3 is 2.81 bits per heavy atom. The predicted octanol–water partition coefficient (Wildman–Crippen LogP) is 3.74. The Balaban J connectivity index is 1.57. The van der Waals surface area contributed by atoms with E-state index in [1.807, 2.05) is 24.3 Å². The Morgan fingerprint density at radius 1 is 1.23 bits per heavy atom. The molecule has 6 heteroatoms. The molecule has 0 bridgehead atoms. The fourth-order valence-corrected chi connectivity index (χ4v) is 3.40. The minimum atomic E-state index is 0.142. The molecule has 1 aromatic carbocycles. The lowest BCUT2D eigenvalue weighted by Gasteiger charge is -2.24. The number of hydrogen-bond donors (Lipinski definition) is 3. The lowest BCUT2D eigenvalue weighted by molar-refractivity contribution is -0.122. The minimum absolute atomic E-state index is 0.142. The molecule has 5 nitrogen and oxygen atoms in total. The molecule has 0 aliphatic heterocycles. The van der Waals surface area contributed by atoms with Crippen molar-refractivity contribution >= 4 is 28.9 Å². The molecule has 3 rings (SSSR count). The molecule has 1 aliphatic rings. The first-order valence-electron chi connectivity index (χ1n) is 9.19. The number of aliphatic imine (C=N–C) groups is 1. The van der Waals surface area contributed by atoms with Crippen LogP contribution < -0.4 is 16.0 Å². The number of anilines is 1. The summed E-state index contributed by atoms with van der Waals surface area (Å²) in [6.07, 6.45) is 3.19. The van der Waals surface area contributed by atoms with E-state index in [-0.39, 0.29) is 11.8 Å². The third-order valence-electron chi connectivity index (χ3n) is 4.44. The van der Waals surface area contributed by atoms with Crippen LogP contribution in [-0.2, 0) is 17.9 Å². The second-order valence-electron chi connectivity index (χ2n) is 6.45. The van der Waals surface area contributed by atoms with Crippen LogP contribution in [0.5, 0.6) is 0 Å². The molecule has 0 atom stereocenters. The van der Waals surface area contributed by atoms with E-state index in [0.717, 1.165) is 43.1 Å². The van der Waals surface area contributed by atoms with Crippen LogP contribution in [-0.4, -0.2) is 18.4 Å². The molecule has 0 unspecified atom stereocenters. The van der Waals surface area contributed by atoms with Gasteiger partial charge in [-0.25, -0.2) is 4.99 Å². The average Bonchev–Trinajstić information content (AvgIpc) is 3.09. The summed E-state index contributed by atoms with van der Waals surface area (Å²) >= 11 is 1.73. The second-order valence-corrected chi connectivity index (χ2v) is 7.48. The van der Waals surface area contributed by atoms with E-state index in [2.05, 4.69) is 45.4 Å². The molecule has 1 heterocycles. The van der Waals surface area contributed by atoms with E-state index < -0.39 is 0 Å². The molecule has 138 valence electrons. The topological polar surface area (TPSA) is 65.5 Å². The molecule has 1 aromatic heterocycles. The van der Waals surface area contributed by atoms with Crippen LogP contribution in [0.3, 0.4) is 0 Å². The maximum atomic E-state index is 12.1. The van der Waals surface area contributed by atoms with Gasteiger partial charge in [-0.1, -0.05) is 24.6 Å². The summed E-state index contributed by atoms with van der Waals surface area (Å²) in [6.45, 7) is 4.20. The number of carbonyl (C=O) groups excluding carboxylic acids is 1. The number of rotatable bonds is 7. The highest BCUT2D eigenvalue weighted by Crippen LogP contribution is 2.27. The molecule has 0 spiro atoms. The van der Waals surface area contributed by atoms with Gasteiger partial charge in [-0.3, -0.25) is 4.79 Å².